The van der Waals surface area contributed by atoms with Crippen molar-refractivity contribution in [3.05, 3.63) is 77.9 Å². The Bertz CT molecular complexity index is 645. The lowest BCUT2D eigenvalue weighted by Gasteiger charge is -2.10. The highest BCUT2D eigenvalue weighted by atomic mass is 14.2. The highest BCUT2D eigenvalue weighted by molar-refractivity contribution is 5.89. The Morgan fingerprint density at radius 1 is 0.889 bits per heavy atom. The van der Waals surface area contributed by atoms with E-state index in [2.05, 4.69) is 62.0 Å². The summed E-state index contributed by atoms with van der Waals surface area (Å²) in [6, 6.07) is 17.3. The number of fused-ring (bicyclic) bond motifs is 3. The molecule has 2 aromatic carbocycles. The van der Waals surface area contributed by atoms with E-state index in [9.17, 15) is 0 Å². The first-order valence-electron chi connectivity index (χ1n) is 6.31. The van der Waals surface area contributed by atoms with Gasteiger partial charge in [0.25, 0.3) is 0 Å². The normalized spacial score (nSPS) is 13.6. The van der Waals surface area contributed by atoms with Crippen LogP contribution in [0.3, 0.4) is 0 Å². The van der Waals surface area contributed by atoms with E-state index in [-0.39, 0.29) is 0 Å². The topological polar surface area (TPSA) is 0 Å². The number of hydrogen-bond acceptors (Lipinski definition) is 0. The number of allylic oxidation sites excluding steroid dienone is 3. The molecule has 0 spiro atoms. The zero-order valence-corrected chi connectivity index (χ0v) is 10.6. The van der Waals surface area contributed by atoms with Crippen LogP contribution >= 0.6 is 0 Å². The molecule has 0 saturated heterocycles. The highest BCUT2D eigenvalue weighted by Gasteiger charge is 2.16. The van der Waals surface area contributed by atoms with E-state index in [0.717, 1.165) is 6.42 Å². The standard InChI is InChI=1S/C18H16/c1-3-15-13(2)12-14-8-4-5-9-16(14)18-11-7-6-10-17(15)18/h3-11H,1,12H2,2H3. The molecular weight excluding hydrogens is 216 g/mol. The van der Waals surface area contributed by atoms with E-state index in [0.29, 0.717) is 0 Å². The van der Waals surface area contributed by atoms with Gasteiger partial charge >= 0.3 is 0 Å². The molecule has 0 aromatic heterocycles. The second kappa shape index (κ2) is 4.30. The fourth-order valence-electron chi connectivity index (χ4n) is 2.79. The van der Waals surface area contributed by atoms with Gasteiger partial charge in [0.15, 0.2) is 0 Å². The Kier molecular flexibility index (Phi) is 2.64. The van der Waals surface area contributed by atoms with Gasteiger partial charge in [-0.1, -0.05) is 66.8 Å². The molecule has 1 aliphatic rings. The van der Waals surface area contributed by atoms with Gasteiger partial charge in [-0.3, -0.25) is 0 Å². The van der Waals surface area contributed by atoms with Crippen LogP contribution in [0.2, 0.25) is 0 Å². The Labute approximate surface area is 108 Å². The maximum atomic E-state index is 3.98. The van der Waals surface area contributed by atoms with Gasteiger partial charge in [0, 0.05) is 0 Å². The van der Waals surface area contributed by atoms with Crippen molar-refractivity contribution in [1.82, 2.24) is 0 Å². The summed E-state index contributed by atoms with van der Waals surface area (Å²) < 4.78 is 0. The van der Waals surface area contributed by atoms with Crippen LogP contribution in [0.25, 0.3) is 16.7 Å². The van der Waals surface area contributed by atoms with Crippen LogP contribution in [-0.4, -0.2) is 0 Å². The van der Waals surface area contributed by atoms with Gasteiger partial charge in [0.2, 0.25) is 0 Å². The molecule has 0 atom stereocenters. The molecule has 2 aromatic rings. The molecule has 0 saturated carbocycles. The Hall–Kier alpha value is -2.08. The largest absolute Gasteiger partial charge is 0.0984 e. The molecule has 0 heterocycles. The van der Waals surface area contributed by atoms with Crippen LogP contribution in [-0.2, 0) is 6.42 Å². The number of rotatable bonds is 1. The molecular formula is C18H16. The molecule has 0 N–H and O–H groups in total. The summed E-state index contributed by atoms with van der Waals surface area (Å²) in [5.41, 5.74) is 8.04. The molecule has 0 nitrogen and oxygen atoms in total. The third-order valence-electron chi connectivity index (χ3n) is 3.64. The molecule has 0 heteroatoms. The van der Waals surface area contributed by atoms with Gasteiger partial charge in [-0.2, -0.15) is 0 Å². The summed E-state index contributed by atoms with van der Waals surface area (Å²) in [4.78, 5) is 0. The zero-order chi connectivity index (χ0) is 12.5. The minimum atomic E-state index is 1.01. The number of benzene rings is 2. The minimum Gasteiger partial charge on any atom is -0.0984 e. The molecule has 1 aliphatic carbocycles. The van der Waals surface area contributed by atoms with Crippen LogP contribution in [0.5, 0.6) is 0 Å². The summed E-state index contributed by atoms with van der Waals surface area (Å²) in [5, 5.41) is 0. The van der Waals surface area contributed by atoms with Crippen molar-refractivity contribution in [2.45, 2.75) is 13.3 Å². The smallest absolute Gasteiger partial charge is 0.00545 e. The van der Waals surface area contributed by atoms with Gasteiger partial charge in [-0.25, -0.2) is 0 Å². The lowest BCUT2D eigenvalue weighted by Crippen LogP contribution is -1.88. The highest BCUT2D eigenvalue weighted by Crippen LogP contribution is 2.37. The monoisotopic (exact) mass is 232 g/mol. The predicted octanol–water partition coefficient (Wildman–Crippen LogP) is 4.87. The summed E-state index contributed by atoms with van der Waals surface area (Å²) in [6.07, 6.45) is 2.99. The summed E-state index contributed by atoms with van der Waals surface area (Å²) in [5.74, 6) is 0. The van der Waals surface area contributed by atoms with Crippen LogP contribution < -0.4 is 0 Å². The third-order valence-corrected chi connectivity index (χ3v) is 3.64. The fourth-order valence-corrected chi connectivity index (χ4v) is 2.79. The zero-order valence-electron chi connectivity index (χ0n) is 10.6. The first kappa shape index (κ1) is 11.0. The fraction of sp³-hybridized carbons (Fsp3) is 0.111. The molecule has 18 heavy (non-hydrogen) atoms. The molecule has 0 unspecified atom stereocenters. The maximum Gasteiger partial charge on any atom is -0.00545 e. The Balaban J connectivity index is 2.39. The SMILES string of the molecule is C=CC1=C(C)Cc2ccccc2-c2ccccc21. The van der Waals surface area contributed by atoms with Crippen LogP contribution in [0.15, 0.2) is 66.8 Å². The maximum absolute atomic E-state index is 3.98. The van der Waals surface area contributed by atoms with Crippen LogP contribution in [0.4, 0.5) is 0 Å². The van der Waals surface area contributed by atoms with Crippen molar-refractivity contribution in [3.8, 4) is 11.1 Å². The average molecular weight is 232 g/mol. The van der Waals surface area contributed by atoms with E-state index in [1.54, 1.807) is 0 Å². The van der Waals surface area contributed by atoms with Crippen LogP contribution in [0, 0.1) is 0 Å². The molecule has 0 bridgehead atoms. The van der Waals surface area contributed by atoms with Crippen molar-refractivity contribution in [2.75, 3.05) is 0 Å². The van der Waals surface area contributed by atoms with Gasteiger partial charge in [0.1, 0.15) is 0 Å². The van der Waals surface area contributed by atoms with Crippen LogP contribution in [0.1, 0.15) is 18.1 Å². The first-order chi connectivity index (χ1) is 8.81. The van der Waals surface area contributed by atoms with Gasteiger partial charge in [0.05, 0.1) is 0 Å². The van der Waals surface area contributed by atoms with Crippen molar-refractivity contribution >= 4 is 5.57 Å². The molecule has 0 radical (unpaired) electrons. The van der Waals surface area contributed by atoms with Gasteiger partial charge in [-0.15, -0.1) is 0 Å². The molecule has 0 aliphatic heterocycles. The van der Waals surface area contributed by atoms with Gasteiger partial charge in [-0.05, 0) is 41.2 Å². The van der Waals surface area contributed by atoms with E-state index < -0.39 is 0 Å². The van der Waals surface area contributed by atoms with E-state index in [1.165, 1.54) is 33.4 Å². The Morgan fingerprint density at radius 2 is 1.50 bits per heavy atom. The van der Waals surface area contributed by atoms with Crippen molar-refractivity contribution in [1.29, 1.82) is 0 Å². The lowest BCUT2D eigenvalue weighted by molar-refractivity contribution is 1.16. The quantitative estimate of drug-likeness (QED) is 0.658. The van der Waals surface area contributed by atoms with Gasteiger partial charge < -0.3 is 0 Å². The Morgan fingerprint density at radius 3 is 2.22 bits per heavy atom. The lowest BCUT2D eigenvalue weighted by atomic mass is 9.94. The summed E-state index contributed by atoms with van der Waals surface area (Å²) in [6.45, 7) is 6.18. The molecule has 0 amide bonds. The van der Waals surface area contributed by atoms with Crippen molar-refractivity contribution in [3.63, 3.8) is 0 Å². The van der Waals surface area contributed by atoms with E-state index in [1.807, 2.05) is 6.08 Å². The second-order valence-corrected chi connectivity index (χ2v) is 4.78. The molecule has 3 rings (SSSR count). The van der Waals surface area contributed by atoms with Crippen molar-refractivity contribution < 1.29 is 0 Å². The van der Waals surface area contributed by atoms with E-state index in [4.69, 9.17) is 0 Å². The number of hydrogen-bond donors (Lipinski definition) is 0. The van der Waals surface area contributed by atoms with E-state index >= 15 is 0 Å². The average Bonchev–Trinajstić information content (AvgIpc) is 2.52. The predicted molar refractivity (Wildman–Crippen MR) is 78.4 cm³/mol. The first-order valence-corrected chi connectivity index (χ1v) is 6.31. The summed E-state index contributed by atoms with van der Waals surface area (Å²) >= 11 is 0. The second-order valence-electron chi connectivity index (χ2n) is 4.78. The molecule has 0 fully saturated rings. The summed E-state index contributed by atoms with van der Waals surface area (Å²) in [7, 11) is 0. The third kappa shape index (κ3) is 1.62. The molecule has 88 valence electrons. The minimum absolute atomic E-state index is 1.01. The van der Waals surface area contributed by atoms with Crippen molar-refractivity contribution in [2.24, 2.45) is 0 Å².